The molecule has 6 heteroatoms. The van der Waals surface area contributed by atoms with Crippen LogP contribution in [0, 0.1) is 17.1 Å². The third-order valence-corrected chi connectivity index (χ3v) is 3.01. The number of hydrogen-bond donors (Lipinski definition) is 0. The van der Waals surface area contributed by atoms with E-state index in [4.69, 9.17) is 10.00 Å². The predicted molar refractivity (Wildman–Crippen MR) is 78.6 cm³/mol. The van der Waals surface area contributed by atoms with Crippen molar-refractivity contribution in [2.45, 2.75) is 6.04 Å². The van der Waals surface area contributed by atoms with Crippen LogP contribution in [0.1, 0.15) is 5.56 Å². The number of hydrogen-bond acceptors (Lipinski definition) is 5. The zero-order chi connectivity index (χ0) is 15.4. The summed E-state index contributed by atoms with van der Waals surface area (Å²) >= 11 is 0. The van der Waals surface area contributed by atoms with Crippen molar-refractivity contribution in [1.29, 1.82) is 5.26 Å². The summed E-state index contributed by atoms with van der Waals surface area (Å²) in [6.45, 7) is 0.297. The van der Waals surface area contributed by atoms with E-state index in [0.29, 0.717) is 23.9 Å². The van der Waals surface area contributed by atoms with Crippen LogP contribution >= 0.6 is 0 Å². The quantitative estimate of drug-likeness (QED) is 0.865. The minimum absolute atomic E-state index is 0.297. The molecule has 0 saturated heterocycles. The van der Waals surface area contributed by atoms with E-state index < -0.39 is 6.04 Å². The van der Waals surface area contributed by atoms with Gasteiger partial charge in [-0.25, -0.2) is 9.38 Å². The topological polar surface area (TPSA) is 70.1 Å². The fourth-order valence-corrected chi connectivity index (χ4v) is 1.91. The fourth-order valence-electron chi connectivity index (χ4n) is 1.91. The van der Waals surface area contributed by atoms with Crippen molar-refractivity contribution >= 4 is 5.84 Å². The van der Waals surface area contributed by atoms with E-state index in [9.17, 15) is 4.39 Å². The third-order valence-electron chi connectivity index (χ3n) is 3.01. The largest absolute Gasteiger partial charge is 0.457 e. The van der Waals surface area contributed by atoms with Crippen molar-refractivity contribution in [2.24, 2.45) is 15.2 Å². The fraction of sp³-hybridized carbons (Fsp3) is 0.125. The summed E-state index contributed by atoms with van der Waals surface area (Å²) < 4.78 is 18.4. The standard InChI is InChI=1S/C16H11FN4O/c17-12-3-7-15(8-4-12)22-14-5-1-11(2-6-14)16-20-13(9-18)10-19-21-16/h1-8,13H,10H2. The molecule has 1 aliphatic heterocycles. The van der Waals surface area contributed by atoms with Gasteiger partial charge in [0.25, 0.3) is 0 Å². The minimum atomic E-state index is -0.484. The number of halogens is 1. The maximum absolute atomic E-state index is 12.8. The van der Waals surface area contributed by atoms with Gasteiger partial charge in [0.1, 0.15) is 17.3 Å². The van der Waals surface area contributed by atoms with E-state index in [0.717, 1.165) is 5.56 Å². The van der Waals surface area contributed by atoms with Gasteiger partial charge >= 0.3 is 0 Å². The predicted octanol–water partition coefficient (Wildman–Crippen LogP) is 3.72. The molecule has 1 atom stereocenters. The average Bonchev–Trinajstić information content (AvgIpc) is 2.58. The highest BCUT2D eigenvalue weighted by Gasteiger charge is 2.13. The minimum Gasteiger partial charge on any atom is -0.457 e. The first-order valence-corrected chi connectivity index (χ1v) is 6.63. The zero-order valence-electron chi connectivity index (χ0n) is 11.5. The first-order chi connectivity index (χ1) is 10.7. The van der Waals surface area contributed by atoms with Crippen LogP contribution in [-0.2, 0) is 0 Å². The Morgan fingerprint density at radius 1 is 1.05 bits per heavy atom. The van der Waals surface area contributed by atoms with Gasteiger partial charge in [-0.3, -0.25) is 0 Å². The first kappa shape index (κ1) is 13.9. The van der Waals surface area contributed by atoms with Gasteiger partial charge in [-0.15, -0.1) is 5.11 Å². The summed E-state index contributed by atoms with van der Waals surface area (Å²) in [7, 11) is 0. The number of benzene rings is 2. The summed E-state index contributed by atoms with van der Waals surface area (Å²) in [4.78, 5) is 4.21. The van der Waals surface area contributed by atoms with Gasteiger partial charge in [-0.2, -0.15) is 10.4 Å². The van der Waals surface area contributed by atoms with E-state index >= 15 is 0 Å². The van der Waals surface area contributed by atoms with Gasteiger partial charge in [-0.1, -0.05) is 0 Å². The number of azo groups is 1. The number of nitrogens with zero attached hydrogens (tertiary/aromatic N) is 4. The van der Waals surface area contributed by atoms with Crippen LogP contribution in [-0.4, -0.2) is 18.4 Å². The number of ether oxygens (including phenoxy) is 1. The molecule has 0 aromatic heterocycles. The first-order valence-electron chi connectivity index (χ1n) is 6.63. The molecule has 3 rings (SSSR count). The Labute approximate surface area is 126 Å². The molecule has 1 heterocycles. The van der Waals surface area contributed by atoms with Crippen molar-refractivity contribution < 1.29 is 9.13 Å². The molecular weight excluding hydrogens is 283 g/mol. The van der Waals surface area contributed by atoms with Crippen LogP contribution in [0.15, 0.2) is 63.8 Å². The lowest BCUT2D eigenvalue weighted by atomic mass is 10.2. The summed E-state index contributed by atoms with van der Waals surface area (Å²) in [5.41, 5.74) is 0.759. The Hall–Kier alpha value is -3.07. The molecule has 1 aliphatic rings. The summed E-state index contributed by atoms with van der Waals surface area (Å²) in [5.74, 6) is 1.29. The highest BCUT2D eigenvalue weighted by molar-refractivity contribution is 5.99. The summed E-state index contributed by atoms with van der Waals surface area (Å²) in [6.07, 6.45) is 0. The van der Waals surface area contributed by atoms with Gasteiger partial charge in [0, 0.05) is 5.56 Å². The van der Waals surface area contributed by atoms with Crippen LogP contribution in [0.25, 0.3) is 0 Å². The second kappa shape index (κ2) is 6.14. The molecule has 5 nitrogen and oxygen atoms in total. The van der Waals surface area contributed by atoms with E-state index in [1.807, 2.05) is 0 Å². The number of aliphatic imine (C=N–C) groups is 1. The Morgan fingerprint density at radius 3 is 2.32 bits per heavy atom. The van der Waals surface area contributed by atoms with E-state index in [1.54, 1.807) is 36.4 Å². The molecule has 1 unspecified atom stereocenters. The lowest BCUT2D eigenvalue weighted by Crippen LogP contribution is -2.14. The van der Waals surface area contributed by atoms with Crippen LogP contribution in [0.2, 0.25) is 0 Å². The molecule has 2 aromatic carbocycles. The molecule has 0 N–H and O–H groups in total. The molecule has 0 saturated carbocycles. The van der Waals surface area contributed by atoms with Crippen molar-refractivity contribution in [2.75, 3.05) is 6.54 Å². The Bertz CT molecular complexity index is 760. The molecular formula is C16H11FN4O. The SMILES string of the molecule is N#CC1CN=NC(c2ccc(Oc3ccc(F)cc3)cc2)=N1. The molecule has 0 aliphatic carbocycles. The van der Waals surface area contributed by atoms with Gasteiger partial charge in [0.2, 0.25) is 0 Å². The second-order valence-electron chi connectivity index (χ2n) is 4.60. The normalized spacial score (nSPS) is 16.7. The van der Waals surface area contributed by atoms with Gasteiger partial charge in [-0.05, 0) is 48.5 Å². The Kier molecular flexibility index (Phi) is 3.88. The van der Waals surface area contributed by atoms with Crippen LogP contribution < -0.4 is 4.74 Å². The third kappa shape index (κ3) is 3.15. The van der Waals surface area contributed by atoms with Crippen LogP contribution in [0.4, 0.5) is 4.39 Å². The van der Waals surface area contributed by atoms with Crippen molar-refractivity contribution in [3.05, 3.63) is 59.9 Å². The van der Waals surface area contributed by atoms with Crippen LogP contribution in [0.5, 0.6) is 11.5 Å². The van der Waals surface area contributed by atoms with E-state index in [1.165, 1.54) is 12.1 Å². The number of nitriles is 1. The molecule has 2 aromatic rings. The molecule has 108 valence electrons. The highest BCUT2D eigenvalue weighted by atomic mass is 19.1. The average molecular weight is 294 g/mol. The lowest BCUT2D eigenvalue weighted by Gasteiger charge is -2.09. The monoisotopic (exact) mass is 294 g/mol. The van der Waals surface area contributed by atoms with Gasteiger partial charge in [0.05, 0.1) is 12.6 Å². The molecule has 0 bridgehead atoms. The van der Waals surface area contributed by atoms with Crippen molar-refractivity contribution in [3.63, 3.8) is 0 Å². The van der Waals surface area contributed by atoms with E-state index in [-0.39, 0.29) is 5.82 Å². The van der Waals surface area contributed by atoms with Crippen molar-refractivity contribution in [3.8, 4) is 17.6 Å². The molecule has 0 spiro atoms. The summed E-state index contributed by atoms with van der Waals surface area (Å²) in [6, 6.07) is 14.4. The van der Waals surface area contributed by atoms with Gasteiger partial charge in [0.15, 0.2) is 11.9 Å². The summed E-state index contributed by atoms with van der Waals surface area (Å²) in [5, 5.41) is 16.7. The molecule has 0 fully saturated rings. The molecule has 22 heavy (non-hydrogen) atoms. The Balaban J connectivity index is 1.76. The lowest BCUT2D eigenvalue weighted by molar-refractivity contribution is 0.480. The molecule has 0 radical (unpaired) electrons. The maximum Gasteiger partial charge on any atom is 0.178 e. The molecule has 0 amide bonds. The zero-order valence-corrected chi connectivity index (χ0v) is 11.5. The number of amidine groups is 1. The number of rotatable bonds is 3. The van der Waals surface area contributed by atoms with E-state index in [2.05, 4.69) is 21.3 Å². The van der Waals surface area contributed by atoms with Gasteiger partial charge < -0.3 is 4.74 Å². The maximum atomic E-state index is 12.8. The van der Waals surface area contributed by atoms with Crippen LogP contribution in [0.3, 0.4) is 0 Å². The van der Waals surface area contributed by atoms with Crippen molar-refractivity contribution in [1.82, 2.24) is 0 Å². The Morgan fingerprint density at radius 2 is 1.68 bits per heavy atom. The smallest absolute Gasteiger partial charge is 0.178 e. The highest BCUT2D eigenvalue weighted by Crippen LogP contribution is 2.22. The second-order valence-corrected chi connectivity index (χ2v) is 4.60.